The number of aromatic nitrogens is 3. The Labute approximate surface area is 282 Å². The first-order chi connectivity index (χ1) is 21.9. The van der Waals surface area contributed by atoms with E-state index in [-0.39, 0.29) is 20.1 Å². The van der Waals surface area contributed by atoms with Crippen LogP contribution in [-0.4, -0.2) is 15.0 Å². The largest absolute Gasteiger partial charge is 0.486 e. The molecule has 1 radical (unpaired) electrons. The number of pyridine rings is 3. The first-order valence-corrected chi connectivity index (χ1v) is 15.0. The molecule has 0 fully saturated rings. The quantitative estimate of drug-likeness (QED) is 0.168. The fraction of sp³-hybridized carbons (Fsp3) is 0.0976. The van der Waals surface area contributed by atoms with Crippen LogP contribution in [0.1, 0.15) is 22.4 Å². The molecule has 0 unspecified atom stereocenters. The van der Waals surface area contributed by atoms with Crippen LogP contribution in [0.25, 0.3) is 66.5 Å². The fourth-order valence-electron chi connectivity index (χ4n) is 5.59. The van der Waals surface area contributed by atoms with Crippen molar-refractivity contribution in [2.75, 3.05) is 0 Å². The van der Waals surface area contributed by atoms with Gasteiger partial charge in [0.05, 0.1) is 5.58 Å². The molecule has 0 N–H and O–H groups in total. The summed E-state index contributed by atoms with van der Waals surface area (Å²) in [7, 11) is 0. The summed E-state index contributed by atoms with van der Waals surface area (Å²) < 4.78 is 6.16. The molecule has 0 bridgehead atoms. The normalized spacial score (nSPS) is 10.9. The second-order valence-corrected chi connectivity index (χ2v) is 11.4. The third-order valence-corrected chi connectivity index (χ3v) is 8.01. The van der Waals surface area contributed by atoms with Gasteiger partial charge < -0.3 is 14.4 Å². The number of hydrogen-bond donors (Lipinski definition) is 0. The molecule has 8 rings (SSSR count). The van der Waals surface area contributed by atoms with Crippen LogP contribution in [0.4, 0.5) is 0 Å². The predicted molar refractivity (Wildman–Crippen MR) is 184 cm³/mol. The Bertz CT molecular complexity index is 2260. The van der Waals surface area contributed by atoms with Gasteiger partial charge in [0.15, 0.2) is 0 Å². The van der Waals surface area contributed by atoms with Gasteiger partial charge in [-0.25, -0.2) is 4.98 Å². The molecule has 4 heterocycles. The molecule has 0 saturated carbocycles. The number of hydrogen-bond acceptors (Lipinski definition) is 4. The minimum atomic E-state index is 0. The van der Waals surface area contributed by atoms with E-state index >= 15 is 0 Å². The zero-order valence-electron chi connectivity index (χ0n) is 26.1. The molecule has 5 heteroatoms. The van der Waals surface area contributed by atoms with Crippen molar-refractivity contribution in [1.82, 2.24) is 15.0 Å². The average molecular weight is 774 g/mol. The van der Waals surface area contributed by atoms with Gasteiger partial charge in [-0.3, -0.25) is 0 Å². The molecule has 8 aromatic rings. The summed E-state index contributed by atoms with van der Waals surface area (Å²) in [6.07, 6.45) is 3.74. The van der Waals surface area contributed by atoms with E-state index in [9.17, 15) is 0 Å². The van der Waals surface area contributed by atoms with Crippen LogP contribution >= 0.6 is 0 Å². The summed E-state index contributed by atoms with van der Waals surface area (Å²) in [4.78, 5) is 13.6. The van der Waals surface area contributed by atoms with Crippen LogP contribution in [0.5, 0.6) is 0 Å². The topological polar surface area (TPSA) is 51.8 Å². The summed E-state index contributed by atoms with van der Waals surface area (Å²) >= 11 is 0. The number of rotatable bonds is 3. The van der Waals surface area contributed by atoms with E-state index in [1.165, 1.54) is 33.0 Å². The summed E-state index contributed by atoms with van der Waals surface area (Å²) in [6.45, 7) is 8.22. The minimum absolute atomic E-state index is 0. The molecule has 4 aromatic carbocycles. The van der Waals surface area contributed by atoms with Crippen molar-refractivity contribution in [3.8, 4) is 33.6 Å². The molecule has 46 heavy (non-hydrogen) atoms. The Balaban J connectivity index is 0.000000209. The van der Waals surface area contributed by atoms with Gasteiger partial charge in [-0.05, 0) is 89.5 Å². The maximum Gasteiger partial charge on any atom is 0.216 e. The molecule has 227 valence electrons. The fourth-order valence-corrected chi connectivity index (χ4v) is 5.59. The van der Waals surface area contributed by atoms with E-state index in [4.69, 9.17) is 4.42 Å². The van der Waals surface area contributed by atoms with E-state index in [1.54, 1.807) is 0 Å². The molecule has 0 saturated heterocycles. The summed E-state index contributed by atoms with van der Waals surface area (Å²) in [5.41, 5.74) is 12.1. The van der Waals surface area contributed by atoms with Crippen molar-refractivity contribution in [2.45, 2.75) is 27.7 Å². The Kier molecular flexibility index (Phi) is 8.89. The van der Waals surface area contributed by atoms with Gasteiger partial charge in [0.2, 0.25) is 5.71 Å². The molecule has 0 spiro atoms. The van der Waals surface area contributed by atoms with Gasteiger partial charge in [0.25, 0.3) is 0 Å². The Morgan fingerprint density at radius 2 is 1.48 bits per heavy atom. The number of aryl methyl sites for hydroxylation is 4. The molecule has 0 atom stereocenters. The Morgan fingerprint density at radius 1 is 0.674 bits per heavy atom. The first kappa shape index (κ1) is 31.0. The number of fused-ring (bicyclic) bond motifs is 4. The van der Waals surface area contributed by atoms with Crippen LogP contribution in [0, 0.1) is 39.8 Å². The molecule has 4 aromatic heterocycles. The zero-order chi connectivity index (χ0) is 30.9. The van der Waals surface area contributed by atoms with Crippen LogP contribution in [0.15, 0.2) is 120 Å². The molecular formula is C41H31IrN3O-2. The average Bonchev–Trinajstić information content (AvgIpc) is 3.43. The SMILES string of the molecule is Cc1c[c-]c(-c2ccc(C)cn2)cc1.Cc1ccc2c(n1)oc1c(-c3cc(-c4cc5ccccc5cc4C)ccn3)[c-]ccc12.[Ir]. The molecule has 0 aliphatic rings. The summed E-state index contributed by atoms with van der Waals surface area (Å²) in [5.74, 6) is 0. The molecular weight excluding hydrogens is 743 g/mol. The minimum Gasteiger partial charge on any atom is -0.486 e. The predicted octanol–water partition coefficient (Wildman–Crippen LogP) is 10.4. The third kappa shape index (κ3) is 6.25. The van der Waals surface area contributed by atoms with E-state index in [0.717, 1.165) is 50.1 Å². The van der Waals surface area contributed by atoms with E-state index in [2.05, 4.69) is 108 Å². The van der Waals surface area contributed by atoms with Crippen molar-refractivity contribution in [3.05, 3.63) is 150 Å². The van der Waals surface area contributed by atoms with Crippen LogP contribution in [-0.2, 0) is 20.1 Å². The van der Waals surface area contributed by atoms with E-state index in [1.807, 2.05) is 62.6 Å². The first-order valence-electron chi connectivity index (χ1n) is 15.0. The van der Waals surface area contributed by atoms with Gasteiger partial charge in [-0.2, -0.15) is 0 Å². The van der Waals surface area contributed by atoms with E-state index < -0.39 is 0 Å². The van der Waals surface area contributed by atoms with Crippen molar-refractivity contribution < 1.29 is 24.5 Å². The van der Waals surface area contributed by atoms with Gasteiger partial charge in [0.1, 0.15) is 0 Å². The number of nitrogens with zero attached hydrogens (tertiary/aromatic N) is 3. The smallest absolute Gasteiger partial charge is 0.216 e. The molecule has 0 amide bonds. The molecule has 0 aliphatic carbocycles. The summed E-state index contributed by atoms with van der Waals surface area (Å²) in [6, 6.07) is 41.9. The van der Waals surface area contributed by atoms with Crippen LogP contribution in [0.2, 0.25) is 0 Å². The van der Waals surface area contributed by atoms with E-state index in [0.29, 0.717) is 5.71 Å². The van der Waals surface area contributed by atoms with Crippen molar-refractivity contribution in [2.24, 2.45) is 0 Å². The van der Waals surface area contributed by atoms with Gasteiger partial charge in [-0.15, -0.1) is 53.6 Å². The maximum atomic E-state index is 6.16. The maximum absolute atomic E-state index is 6.16. The second kappa shape index (κ2) is 13.2. The van der Waals surface area contributed by atoms with Gasteiger partial charge >= 0.3 is 0 Å². The van der Waals surface area contributed by atoms with Crippen LogP contribution < -0.4 is 0 Å². The molecule has 4 nitrogen and oxygen atoms in total. The number of furan rings is 1. The monoisotopic (exact) mass is 774 g/mol. The molecule has 0 aliphatic heterocycles. The standard InChI is InChI=1S/C28H19N2O.C13H12N.Ir/c1-17-14-19-6-3-4-7-20(19)15-25(17)21-12-13-29-26(16-21)24-9-5-8-22-23-11-10-18(2)30-28(23)31-27(22)24;1-10-3-6-12(7-4-10)13-8-5-11(2)9-14-13;/h3-8,10-16H,1-2H3;3-6,8-9H,1-2H3;/q2*-1;. The van der Waals surface area contributed by atoms with Crippen molar-refractivity contribution in [1.29, 1.82) is 0 Å². The number of benzene rings is 4. The zero-order valence-corrected chi connectivity index (χ0v) is 28.4. The summed E-state index contributed by atoms with van der Waals surface area (Å²) in [5, 5.41) is 4.53. The Morgan fingerprint density at radius 3 is 2.24 bits per heavy atom. The second-order valence-electron chi connectivity index (χ2n) is 11.4. The van der Waals surface area contributed by atoms with Crippen molar-refractivity contribution in [3.63, 3.8) is 0 Å². The van der Waals surface area contributed by atoms with Crippen molar-refractivity contribution >= 4 is 32.8 Å². The van der Waals surface area contributed by atoms with Crippen LogP contribution in [0.3, 0.4) is 0 Å². The Hall–Kier alpha value is -4.96. The van der Waals surface area contributed by atoms with Gasteiger partial charge in [0, 0.05) is 43.6 Å². The van der Waals surface area contributed by atoms with Gasteiger partial charge in [-0.1, -0.05) is 66.4 Å². The third-order valence-electron chi connectivity index (χ3n) is 8.01.